The third-order valence-electron chi connectivity index (χ3n) is 3.19. The minimum atomic E-state index is 0.769. The molecule has 0 saturated heterocycles. The molecule has 1 saturated carbocycles. The highest BCUT2D eigenvalue weighted by Gasteiger charge is 2.19. The van der Waals surface area contributed by atoms with Crippen LogP contribution in [-0.4, -0.2) is 25.8 Å². The van der Waals surface area contributed by atoms with Gasteiger partial charge in [0.15, 0.2) is 0 Å². The van der Waals surface area contributed by atoms with Crippen LogP contribution in [0.1, 0.15) is 46.0 Å². The average Bonchev–Trinajstić information content (AvgIpc) is 2.20. The lowest BCUT2D eigenvalue weighted by molar-refractivity contribution is 0.142. The lowest BCUT2D eigenvalue weighted by Gasteiger charge is -2.29. The van der Waals surface area contributed by atoms with E-state index in [0.717, 1.165) is 38.1 Å². The molecule has 0 radical (unpaired) electrons. The Balaban J connectivity index is 1.99. The zero-order valence-electron chi connectivity index (χ0n) is 9.72. The smallest absolute Gasteiger partial charge is 0.0477 e. The molecular weight excluding hydrogens is 174 g/mol. The van der Waals surface area contributed by atoms with Crippen LogP contribution in [0.3, 0.4) is 0 Å². The maximum absolute atomic E-state index is 5.31. The van der Waals surface area contributed by atoms with Gasteiger partial charge >= 0.3 is 0 Å². The first-order chi connectivity index (χ1) is 6.84. The predicted molar refractivity (Wildman–Crippen MR) is 60.5 cm³/mol. The molecule has 2 heteroatoms. The molecular formula is C12H25NO. The Morgan fingerprint density at radius 3 is 2.79 bits per heavy atom. The molecule has 2 atom stereocenters. The monoisotopic (exact) mass is 199 g/mol. The summed E-state index contributed by atoms with van der Waals surface area (Å²) >= 11 is 0. The van der Waals surface area contributed by atoms with Crippen molar-refractivity contribution in [2.75, 3.05) is 19.8 Å². The van der Waals surface area contributed by atoms with Crippen molar-refractivity contribution in [3.8, 4) is 0 Å². The van der Waals surface area contributed by atoms with Gasteiger partial charge in [-0.15, -0.1) is 0 Å². The van der Waals surface area contributed by atoms with E-state index in [0.29, 0.717) is 0 Å². The fourth-order valence-electron chi connectivity index (χ4n) is 2.23. The Kier molecular flexibility index (Phi) is 6.20. The number of nitrogens with one attached hydrogen (secondary N) is 1. The largest absolute Gasteiger partial charge is 0.382 e. The fourth-order valence-corrected chi connectivity index (χ4v) is 2.23. The van der Waals surface area contributed by atoms with Gasteiger partial charge in [0.05, 0.1) is 0 Å². The number of ether oxygens (including phenoxy) is 1. The van der Waals surface area contributed by atoms with E-state index < -0.39 is 0 Å². The van der Waals surface area contributed by atoms with Crippen molar-refractivity contribution in [1.82, 2.24) is 5.32 Å². The van der Waals surface area contributed by atoms with Gasteiger partial charge in [0.1, 0.15) is 0 Å². The van der Waals surface area contributed by atoms with Crippen molar-refractivity contribution >= 4 is 0 Å². The minimum absolute atomic E-state index is 0.769. The van der Waals surface area contributed by atoms with Crippen LogP contribution in [-0.2, 0) is 4.74 Å². The van der Waals surface area contributed by atoms with Gasteiger partial charge in [0.25, 0.3) is 0 Å². The molecule has 0 aromatic carbocycles. The Morgan fingerprint density at radius 2 is 2.07 bits per heavy atom. The van der Waals surface area contributed by atoms with E-state index >= 15 is 0 Å². The third kappa shape index (κ3) is 4.43. The van der Waals surface area contributed by atoms with E-state index in [1.807, 2.05) is 0 Å². The summed E-state index contributed by atoms with van der Waals surface area (Å²) in [4.78, 5) is 0. The van der Waals surface area contributed by atoms with Crippen molar-refractivity contribution in [1.29, 1.82) is 0 Å². The third-order valence-corrected chi connectivity index (χ3v) is 3.19. The summed E-state index contributed by atoms with van der Waals surface area (Å²) in [5.74, 6) is 0.871. The molecule has 0 heterocycles. The molecule has 2 nitrogen and oxygen atoms in total. The Bertz CT molecular complexity index is 138. The van der Waals surface area contributed by atoms with Crippen LogP contribution in [0.4, 0.5) is 0 Å². The van der Waals surface area contributed by atoms with E-state index in [4.69, 9.17) is 4.74 Å². The zero-order valence-corrected chi connectivity index (χ0v) is 9.72. The van der Waals surface area contributed by atoms with Crippen LogP contribution >= 0.6 is 0 Å². The average molecular weight is 199 g/mol. The molecule has 0 bridgehead atoms. The van der Waals surface area contributed by atoms with Crippen LogP contribution in [0, 0.1) is 5.92 Å². The molecule has 1 aliphatic carbocycles. The fraction of sp³-hybridized carbons (Fsp3) is 1.00. The standard InChI is InChI=1S/C12H25NO/c1-3-14-10-6-9-13-12-8-5-4-7-11(12)2/h11-13H,3-10H2,1-2H3/t11-,12-/m0/s1. The molecule has 1 N–H and O–H groups in total. The topological polar surface area (TPSA) is 21.3 Å². The summed E-state index contributed by atoms with van der Waals surface area (Å²) in [5, 5.41) is 3.65. The number of rotatable bonds is 6. The molecule has 14 heavy (non-hydrogen) atoms. The van der Waals surface area contributed by atoms with E-state index in [1.165, 1.54) is 25.7 Å². The molecule has 0 amide bonds. The van der Waals surface area contributed by atoms with Gasteiger partial charge in [-0.3, -0.25) is 0 Å². The lowest BCUT2D eigenvalue weighted by Crippen LogP contribution is -2.37. The molecule has 0 aromatic heterocycles. The molecule has 0 unspecified atom stereocenters. The number of hydrogen-bond donors (Lipinski definition) is 1. The molecule has 0 spiro atoms. The van der Waals surface area contributed by atoms with E-state index in [-0.39, 0.29) is 0 Å². The second-order valence-electron chi connectivity index (χ2n) is 4.37. The summed E-state index contributed by atoms with van der Waals surface area (Å²) in [6.45, 7) is 7.30. The minimum Gasteiger partial charge on any atom is -0.382 e. The van der Waals surface area contributed by atoms with E-state index in [9.17, 15) is 0 Å². The van der Waals surface area contributed by atoms with Crippen molar-refractivity contribution in [2.45, 2.75) is 52.0 Å². The van der Waals surface area contributed by atoms with Crippen molar-refractivity contribution < 1.29 is 4.74 Å². The second kappa shape index (κ2) is 7.24. The molecule has 1 fully saturated rings. The summed E-state index contributed by atoms with van der Waals surface area (Å²) in [6, 6.07) is 0.769. The van der Waals surface area contributed by atoms with E-state index in [2.05, 4.69) is 19.2 Å². The maximum atomic E-state index is 5.31. The first-order valence-corrected chi connectivity index (χ1v) is 6.15. The summed E-state index contributed by atoms with van der Waals surface area (Å²) in [7, 11) is 0. The first-order valence-electron chi connectivity index (χ1n) is 6.15. The predicted octanol–water partition coefficient (Wildman–Crippen LogP) is 2.58. The Hall–Kier alpha value is -0.0800. The van der Waals surface area contributed by atoms with Gasteiger partial charge in [-0.05, 0) is 38.6 Å². The molecule has 0 aromatic rings. The highest BCUT2D eigenvalue weighted by Crippen LogP contribution is 2.23. The summed E-state index contributed by atoms with van der Waals surface area (Å²) in [5.41, 5.74) is 0. The Morgan fingerprint density at radius 1 is 1.29 bits per heavy atom. The molecule has 84 valence electrons. The zero-order chi connectivity index (χ0) is 10.2. The van der Waals surface area contributed by atoms with Gasteiger partial charge in [0.2, 0.25) is 0 Å². The van der Waals surface area contributed by atoms with Gasteiger partial charge in [-0.1, -0.05) is 19.8 Å². The number of hydrogen-bond acceptors (Lipinski definition) is 2. The highest BCUT2D eigenvalue weighted by atomic mass is 16.5. The van der Waals surface area contributed by atoms with E-state index in [1.54, 1.807) is 0 Å². The van der Waals surface area contributed by atoms with Crippen molar-refractivity contribution in [3.63, 3.8) is 0 Å². The van der Waals surface area contributed by atoms with Gasteiger partial charge in [0, 0.05) is 19.3 Å². The maximum Gasteiger partial charge on any atom is 0.0477 e. The van der Waals surface area contributed by atoms with Crippen LogP contribution in [0.25, 0.3) is 0 Å². The summed E-state index contributed by atoms with van der Waals surface area (Å²) < 4.78 is 5.31. The SMILES string of the molecule is CCOCCCN[C@H]1CCCC[C@@H]1C. The van der Waals surface area contributed by atoms with Crippen molar-refractivity contribution in [3.05, 3.63) is 0 Å². The second-order valence-corrected chi connectivity index (χ2v) is 4.37. The summed E-state index contributed by atoms with van der Waals surface area (Å²) in [6.07, 6.45) is 6.77. The van der Waals surface area contributed by atoms with Gasteiger partial charge in [-0.25, -0.2) is 0 Å². The van der Waals surface area contributed by atoms with Crippen LogP contribution in [0.5, 0.6) is 0 Å². The highest BCUT2D eigenvalue weighted by molar-refractivity contribution is 4.77. The lowest BCUT2D eigenvalue weighted by atomic mass is 9.86. The molecule has 1 aliphatic rings. The molecule has 0 aliphatic heterocycles. The quantitative estimate of drug-likeness (QED) is 0.664. The van der Waals surface area contributed by atoms with Gasteiger partial charge in [-0.2, -0.15) is 0 Å². The Labute approximate surface area is 88.4 Å². The van der Waals surface area contributed by atoms with Crippen LogP contribution < -0.4 is 5.32 Å². The first kappa shape index (κ1) is 12.0. The van der Waals surface area contributed by atoms with Crippen LogP contribution in [0.15, 0.2) is 0 Å². The van der Waals surface area contributed by atoms with Gasteiger partial charge < -0.3 is 10.1 Å². The normalized spacial score (nSPS) is 27.9. The van der Waals surface area contributed by atoms with Crippen molar-refractivity contribution in [2.24, 2.45) is 5.92 Å². The van der Waals surface area contributed by atoms with Crippen LogP contribution in [0.2, 0.25) is 0 Å². The molecule has 1 rings (SSSR count).